The van der Waals surface area contributed by atoms with Crippen LogP contribution in [0, 0.1) is 6.92 Å². The van der Waals surface area contributed by atoms with Crippen molar-refractivity contribution in [1.29, 1.82) is 0 Å². The number of ether oxygens (including phenoxy) is 1. The number of nitrogens with zero attached hydrogens (tertiary/aromatic N) is 3. The van der Waals surface area contributed by atoms with Gasteiger partial charge in [0.1, 0.15) is 12.4 Å². The van der Waals surface area contributed by atoms with Gasteiger partial charge in [0.05, 0.1) is 23.0 Å². The van der Waals surface area contributed by atoms with Gasteiger partial charge in [0.25, 0.3) is 5.91 Å². The minimum absolute atomic E-state index is 0.198. The molecular weight excluding hydrogens is 420 g/mol. The first-order valence-electron chi connectivity index (χ1n) is 10.2. The summed E-state index contributed by atoms with van der Waals surface area (Å²) in [4.78, 5) is 16.8. The number of aryl methyl sites for hydroxylation is 2. The number of rotatable bonds is 8. The van der Waals surface area contributed by atoms with E-state index in [2.05, 4.69) is 46.7 Å². The third-order valence-electron chi connectivity index (χ3n) is 4.91. The number of amides is 1. The van der Waals surface area contributed by atoms with Crippen LogP contribution in [0.5, 0.6) is 5.75 Å². The van der Waals surface area contributed by atoms with Gasteiger partial charge in [-0.1, -0.05) is 65.9 Å². The summed E-state index contributed by atoms with van der Waals surface area (Å²) in [6, 6.07) is 23.7. The highest BCUT2D eigenvalue weighted by Crippen LogP contribution is 2.22. The smallest absolute Gasteiger partial charge is 0.250 e. The number of para-hydroxylation sites is 3. The van der Waals surface area contributed by atoms with Crippen molar-refractivity contribution in [2.45, 2.75) is 18.7 Å². The molecule has 0 saturated carbocycles. The van der Waals surface area contributed by atoms with Crippen molar-refractivity contribution >= 4 is 34.9 Å². The predicted octanol–water partition coefficient (Wildman–Crippen LogP) is 4.70. The van der Waals surface area contributed by atoms with Crippen molar-refractivity contribution in [2.75, 3.05) is 5.75 Å². The van der Waals surface area contributed by atoms with Gasteiger partial charge in [-0.05, 0) is 36.8 Å². The van der Waals surface area contributed by atoms with Crippen molar-refractivity contribution < 1.29 is 9.53 Å². The number of carbonyl (C=O) groups is 1. The molecule has 0 atom stereocenters. The summed E-state index contributed by atoms with van der Waals surface area (Å²) in [6.07, 6.45) is 1.60. The molecule has 0 aliphatic carbocycles. The zero-order valence-corrected chi connectivity index (χ0v) is 18.8. The fourth-order valence-corrected chi connectivity index (χ4v) is 3.93. The van der Waals surface area contributed by atoms with E-state index in [1.165, 1.54) is 17.3 Å². The lowest BCUT2D eigenvalue weighted by Crippen LogP contribution is -2.20. The molecule has 32 heavy (non-hydrogen) atoms. The number of hydrogen-bond acceptors (Lipinski definition) is 5. The molecule has 0 unspecified atom stereocenters. The van der Waals surface area contributed by atoms with E-state index in [1.54, 1.807) is 6.21 Å². The Morgan fingerprint density at radius 2 is 1.84 bits per heavy atom. The lowest BCUT2D eigenvalue weighted by Gasteiger charge is -2.09. The fraction of sp³-hybridized carbons (Fsp3) is 0.160. The Hall–Kier alpha value is -3.58. The summed E-state index contributed by atoms with van der Waals surface area (Å²) >= 11 is 1.38. The Kier molecular flexibility index (Phi) is 6.87. The Morgan fingerprint density at radius 3 is 2.66 bits per heavy atom. The molecule has 0 bridgehead atoms. The lowest BCUT2D eigenvalue weighted by molar-refractivity contribution is -0.118. The second kappa shape index (κ2) is 10.2. The van der Waals surface area contributed by atoms with E-state index in [4.69, 9.17) is 4.74 Å². The van der Waals surface area contributed by atoms with Crippen LogP contribution in [0.15, 0.2) is 83.1 Å². The van der Waals surface area contributed by atoms with Crippen LogP contribution in [0.4, 0.5) is 0 Å². The minimum atomic E-state index is -0.198. The third-order valence-corrected chi connectivity index (χ3v) is 5.94. The highest BCUT2D eigenvalue weighted by molar-refractivity contribution is 7.99. The van der Waals surface area contributed by atoms with Crippen molar-refractivity contribution in [2.24, 2.45) is 12.1 Å². The van der Waals surface area contributed by atoms with Gasteiger partial charge in [0.15, 0.2) is 5.16 Å². The molecule has 3 aromatic carbocycles. The van der Waals surface area contributed by atoms with Gasteiger partial charge < -0.3 is 9.30 Å². The first kappa shape index (κ1) is 21.6. The van der Waals surface area contributed by atoms with Crippen molar-refractivity contribution in [3.05, 3.63) is 89.5 Å². The van der Waals surface area contributed by atoms with Crippen LogP contribution in [0.3, 0.4) is 0 Å². The molecule has 6 nitrogen and oxygen atoms in total. The van der Waals surface area contributed by atoms with Gasteiger partial charge in [-0.2, -0.15) is 5.10 Å². The molecule has 0 spiro atoms. The zero-order chi connectivity index (χ0) is 22.3. The monoisotopic (exact) mass is 444 g/mol. The number of carbonyl (C=O) groups excluding carboxylic acids is 1. The first-order valence-corrected chi connectivity index (χ1v) is 11.2. The summed E-state index contributed by atoms with van der Waals surface area (Å²) in [5.41, 5.74) is 7.63. The fourth-order valence-electron chi connectivity index (χ4n) is 3.15. The Labute approximate surface area is 191 Å². The van der Waals surface area contributed by atoms with E-state index in [0.29, 0.717) is 12.4 Å². The van der Waals surface area contributed by atoms with Crippen LogP contribution in [0.2, 0.25) is 0 Å². The number of hydrazone groups is 1. The highest BCUT2D eigenvalue weighted by Gasteiger charge is 2.10. The molecule has 1 N–H and O–H groups in total. The molecule has 0 radical (unpaired) electrons. The summed E-state index contributed by atoms with van der Waals surface area (Å²) in [5, 5.41) is 4.89. The van der Waals surface area contributed by atoms with E-state index >= 15 is 0 Å². The zero-order valence-electron chi connectivity index (χ0n) is 18.0. The molecule has 1 aromatic heterocycles. The molecule has 4 rings (SSSR count). The number of thioether (sulfide) groups is 1. The number of nitrogens with one attached hydrogen (secondary N) is 1. The number of fused-ring (bicyclic) bond motifs is 1. The Balaban J connectivity index is 1.31. The summed E-state index contributed by atoms with van der Waals surface area (Å²) in [7, 11) is 1.95. The highest BCUT2D eigenvalue weighted by atomic mass is 32.2. The molecule has 0 fully saturated rings. The maximum Gasteiger partial charge on any atom is 0.250 e. The maximum atomic E-state index is 12.2. The average molecular weight is 445 g/mol. The van der Waals surface area contributed by atoms with E-state index in [0.717, 1.165) is 27.3 Å². The SMILES string of the molecule is Cc1ccc(COc2ccccc2/C=N\NC(=O)CSc2nc3ccccc3n2C)cc1. The number of aromatic nitrogens is 2. The van der Waals surface area contributed by atoms with E-state index in [-0.39, 0.29) is 11.7 Å². The molecule has 7 heteroatoms. The second-order valence-electron chi connectivity index (χ2n) is 7.34. The van der Waals surface area contributed by atoms with Crippen LogP contribution < -0.4 is 10.2 Å². The second-order valence-corrected chi connectivity index (χ2v) is 8.28. The predicted molar refractivity (Wildman–Crippen MR) is 129 cm³/mol. The molecule has 0 aliphatic rings. The largest absolute Gasteiger partial charge is 0.488 e. The first-order chi connectivity index (χ1) is 15.6. The van der Waals surface area contributed by atoms with Crippen molar-refractivity contribution in [3.8, 4) is 5.75 Å². The summed E-state index contributed by atoms with van der Waals surface area (Å²) in [6.45, 7) is 2.52. The number of benzene rings is 3. The number of hydrogen-bond donors (Lipinski definition) is 1. The molecule has 4 aromatic rings. The van der Waals surface area contributed by atoms with Gasteiger partial charge in [0.2, 0.25) is 0 Å². The standard InChI is InChI=1S/C25H24N4O2S/c1-18-11-13-19(14-12-18)16-31-23-10-6-3-7-20(23)15-26-28-24(30)17-32-25-27-21-8-4-5-9-22(21)29(25)2/h3-15H,16-17H2,1-2H3,(H,28,30)/b26-15-. The molecular formula is C25H24N4O2S. The normalized spacial score (nSPS) is 11.2. The Morgan fingerprint density at radius 1 is 1.09 bits per heavy atom. The van der Waals surface area contributed by atoms with Gasteiger partial charge in [0, 0.05) is 12.6 Å². The summed E-state index contributed by atoms with van der Waals surface area (Å²) < 4.78 is 7.93. The van der Waals surface area contributed by atoms with Crippen LogP contribution >= 0.6 is 11.8 Å². The van der Waals surface area contributed by atoms with Crippen LogP contribution in [0.25, 0.3) is 11.0 Å². The lowest BCUT2D eigenvalue weighted by atomic mass is 10.1. The van der Waals surface area contributed by atoms with Gasteiger partial charge in [-0.15, -0.1) is 0 Å². The van der Waals surface area contributed by atoms with Crippen molar-refractivity contribution in [3.63, 3.8) is 0 Å². The van der Waals surface area contributed by atoms with Gasteiger partial charge >= 0.3 is 0 Å². The van der Waals surface area contributed by atoms with E-state index in [9.17, 15) is 4.79 Å². The van der Waals surface area contributed by atoms with Crippen LogP contribution in [-0.4, -0.2) is 27.4 Å². The quantitative estimate of drug-likeness (QED) is 0.243. The molecule has 1 heterocycles. The molecule has 0 aliphatic heterocycles. The van der Waals surface area contributed by atoms with E-state index in [1.807, 2.05) is 60.1 Å². The van der Waals surface area contributed by atoms with Crippen molar-refractivity contribution in [1.82, 2.24) is 15.0 Å². The molecule has 162 valence electrons. The van der Waals surface area contributed by atoms with Crippen LogP contribution in [-0.2, 0) is 18.4 Å². The Bertz CT molecular complexity index is 1250. The maximum absolute atomic E-state index is 12.2. The molecule has 0 saturated heterocycles. The number of imidazole rings is 1. The minimum Gasteiger partial charge on any atom is -0.488 e. The third kappa shape index (κ3) is 5.36. The summed E-state index contributed by atoms with van der Waals surface area (Å²) in [5.74, 6) is 0.733. The van der Waals surface area contributed by atoms with Crippen LogP contribution in [0.1, 0.15) is 16.7 Å². The average Bonchev–Trinajstić information content (AvgIpc) is 3.14. The van der Waals surface area contributed by atoms with Gasteiger partial charge in [-0.3, -0.25) is 4.79 Å². The topological polar surface area (TPSA) is 68.5 Å². The van der Waals surface area contributed by atoms with E-state index < -0.39 is 0 Å². The molecule has 1 amide bonds. The van der Waals surface area contributed by atoms with Gasteiger partial charge in [-0.25, -0.2) is 10.4 Å².